The third-order valence-electron chi connectivity index (χ3n) is 5.78. The van der Waals surface area contributed by atoms with Gasteiger partial charge >= 0.3 is 0 Å². The van der Waals surface area contributed by atoms with Gasteiger partial charge in [0, 0.05) is 28.8 Å². The van der Waals surface area contributed by atoms with Crippen molar-refractivity contribution in [2.75, 3.05) is 16.8 Å². The van der Waals surface area contributed by atoms with Crippen LogP contribution in [-0.4, -0.2) is 18.4 Å². The maximum absolute atomic E-state index is 13.3. The van der Waals surface area contributed by atoms with Crippen LogP contribution in [0.5, 0.6) is 0 Å². The minimum absolute atomic E-state index is 0.0484. The van der Waals surface area contributed by atoms with Gasteiger partial charge in [-0.25, -0.2) is 0 Å². The lowest BCUT2D eigenvalue weighted by atomic mass is 9.78. The summed E-state index contributed by atoms with van der Waals surface area (Å²) in [6.45, 7) is 0.749. The van der Waals surface area contributed by atoms with Crippen molar-refractivity contribution in [2.45, 2.75) is 43.9 Å². The molecule has 0 aromatic heterocycles. The number of halogens is 1. The van der Waals surface area contributed by atoms with Crippen molar-refractivity contribution in [2.24, 2.45) is 0 Å². The Morgan fingerprint density at radius 3 is 2.44 bits per heavy atom. The summed E-state index contributed by atoms with van der Waals surface area (Å²) in [5.41, 5.74) is 2.21. The van der Waals surface area contributed by atoms with Gasteiger partial charge in [0.25, 0.3) is 0 Å². The number of hydrogen-bond acceptors (Lipinski definition) is 2. The molecule has 2 amide bonds. The van der Waals surface area contributed by atoms with E-state index in [0.717, 1.165) is 60.1 Å². The average molecular weight is 427 g/mol. The molecule has 2 fully saturated rings. The molecule has 0 atom stereocenters. The highest BCUT2D eigenvalue weighted by molar-refractivity contribution is 9.10. The molecule has 1 saturated heterocycles. The number of amides is 2. The normalized spacial score (nSPS) is 18.7. The van der Waals surface area contributed by atoms with Crippen molar-refractivity contribution in [1.29, 1.82) is 0 Å². The van der Waals surface area contributed by atoms with E-state index in [9.17, 15) is 9.59 Å². The fourth-order valence-corrected chi connectivity index (χ4v) is 4.58. The average Bonchev–Trinajstić information content (AvgIpc) is 3.32. The molecule has 0 spiro atoms. The molecule has 4 nitrogen and oxygen atoms in total. The first-order valence-electron chi connectivity index (χ1n) is 9.56. The third-order valence-corrected chi connectivity index (χ3v) is 6.31. The number of nitrogens with one attached hydrogen (secondary N) is 1. The molecule has 0 unspecified atom stereocenters. The van der Waals surface area contributed by atoms with Crippen LogP contribution in [-0.2, 0) is 15.0 Å². The monoisotopic (exact) mass is 426 g/mol. The van der Waals surface area contributed by atoms with E-state index in [2.05, 4.69) is 21.2 Å². The van der Waals surface area contributed by atoms with Crippen molar-refractivity contribution in [3.63, 3.8) is 0 Å². The van der Waals surface area contributed by atoms with E-state index in [4.69, 9.17) is 0 Å². The summed E-state index contributed by atoms with van der Waals surface area (Å²) in [4.78, 5) is 27.1. The minimum atomic E-state index is -0.472. The predicted octanol–water partition coefficient (Wildman–Crippen LogP) is 5.03. The van der Waals surface area contributed by atoms with Gasteiger partial charge in [-0.1, -0.05) is 47.0 Å². The molecule has 140 valence electrons. The van der Waals surface area contributed by atoms with Crippen molar-refractivity contribution >= 4 is 39.1 Å². The quantitative estimate of drug-likeness (QED) is 0.745. The minimum Gasteiger partial charge on any atom is -0.325 e. The summed E-state index contributed by atoms with van der Waals surface area (Å²) >= 11 is 3.47. The summed E-state index contributed by atoms with van der Waals surface area (Å²) in [6.07, 6.45) is 5.35. The highest BCUT2D eigenvalue weighted by atomic mass is 79.9. The van der Waals surface area contributed by atoms with Crippen LogP contribution in [0.15, 0.2) is 53.0 Å². The molecule has 1 heterocycles. The smallest absolute Gasteiger partial charge is 0.235 e. The molecule has 2 aromatic rings. The molecule has 1 aliphatic carbocycles. The topological polar surface area (TPSA) is 49.4 Å². The van der Waals surface area contributed by atoms with Crippen molar-refractivity contribution < 1.29 is 9.59 Å². The number of nitrogens with zero attached hydrogens (tertiary/aromatic N) is 1. The Hall–Kier alpha value is -2.14. The largest absolute Gasteiger partial charge is 0.325 e. The summed E-state index contributed by atoms with van der Waals surface area (Å²) in [6, 6.07) is 15.7. The standard InChI is InChI=1S/C22H23BrN2O2/c23-17-10-8-16(9-11-17)22(12-1-2-13-22)21(27)24-18-5-3-6-19(15-18)25-14-4-7-20(25)26/h3,5-6,8-11,15H,1-2,4,7,12-14H2,(H,24,27). The Labute approximate surface area is 168 Å². The van der Waals surface area contributed by atoms with Gasteiger partial charge in [0.1, 0.15) is 0 Å². The first-order chi connectivity index (χ1) is 13.1. The molecule has 0 bridgehead atoms. The van der Waals surface area contributed by atoms with Gasteiger partial charge < -0.3 is 10.2 Å². The lowest BCUT2D eigenvalue weighted by Crippen LogP contribution is -2.38. The second-order valence-corrected chi connectivity index (χ2v) is 8.37. The van der Waals surface area contributed by atoms with Crippen molar-refractivity contribution in [3.8, 4) is 0 Å². The molecular weight excluding hydrogens is 404 g/mol. The summed E-state index contributed by atoms with van der Waals surface area (Å²) in [7, 11) is 0. The zero-order valence-electron chi connectivity index (χ0n) is 15.2. The third kappa shape index (κ3) is 3.53. The van der Waals surface area contributed by atoms with Crippen LogP contribution in [0.1, 0.15) is 44.1 Å². The first kappa shape index (κ1) is 18.2. The molecule has 1 N–H and O–H groups in total. The van der Waals surface area contributed by atoms with Crippen molar-refractivity contribution in [1.82, 2.24) is 0 Å². The summed E-state index contributed by atoms with van der Waals surface area (Å²) < 4.78 is 1.02. The Bertz CT molecular complexity index is 857. The number of hydrogen-bond donors (Lipinski definition) is 1. The molecule has 2 aliphatic rings. The van der Waals surface area contributed by atoms with Crippen LogP contribution < -0.4 is 10.2 Å². The predicted molar refractivity (Wildman–Crippen MR) is 111 cm³/mol. The SMILES string of the molecule is O=C1CCCN1c1cccc(NC(=O)C2(c3ccc(Br)cc3)CCCC2)c1. The second-order valence-electron chi connectivity index (χ2n) is 7.45. The summed E-state index contributed by atoms with van der Waals surface area (Å²) in [5, 5.41) is 3.13. The Morgan fingerprint density at radius 2 is 1.78 bits per heavy atom. The Kier molecular flexibility index (Phi) is 5.04. The molecule has 5 heteroatoms. The van der Waals surface area contributed by atoms with Crippen LogP contribution in [0.3, 0.4) is 0 Å². The van der Waals surface area contributed by atoms with Gasteiger partial charge in [0.15, 0.2) is 0 Å². The van der Waals surface area contributed by atoms with E-state index >= 15 is 0 Å². The second kappa shape index (κ2) is 7.47. The van der Waals surface area contributed by atoms with E-state index in [-0.39, 0.29) is 11.8 Å². The molecule has 2 aromatic carbocycles. The molecular formula is C22H23BrN2O2. The summed E-state index contributed by atoms with van der Waals surface area (Å²) in [5.74, 6) is 0.202. The van der Waals surface area contributed by atoms with Gasteiger partial charge in [-0.2, -0.15) is 0 Å². The molecule has 1 aliphatic heterocycles. The number of anilines is 2. The van der Waals surface area contributed by atoms with Gasteiger partial charge in [-0.05, 0) is 55.2 Å². The molecule has 27 heavy (non-hydrogen) atoms. The molecule has 0 radical (unpaired) electrons. The van der Waals surface area contributed by atoms with E-state index < -0.39 is 5.41 Å². The Morgan fingerprint density at radius 1 is 1.04 bits per heavy atom. The van der Waals surface area contributed by atoms with Gasteiger partial charge in [-0.3, -0.25) is 9.59 Å². The maximum atomic E-state index is 13.3. The van der Waals surface area contributed by atoms with Crippen LogP contribution in [0.2, 0.25) is 0 Å². The lowest BCUT2D eigenvalue weighted by molar-refractivity contribution is -0.121. The number of rotatable bonds is 4. The molecule has 4 rings (SSSR count). The zero-order valence-corrected chi connectivity index (χ0v) is 16.8. The molecule has 1 saturated carbocycles. The fourth-order valence-electron chi connectivity index (χ4n) is 4.32. The van der Waals surface area contributed by atoms with E-state index in [1.165, 1.54) is 0 Å². The van der Waals surface area contributed by atoms with Gasteiger partial charge in [0.05, 0.1) is 5.41 Å². The highest BCUT2D eigenvalue weighted by Crippen LogP contribution is 2.42. The van der Waals surface area contributed by atoms with Crippen LogP contribution in [0.25, 0.3) is 0 Å². The van der Waals surface area contributed by atoms with Crippen molar-refractivity contribution in [3.05, 3.63) is 58.6 Å². The van der Waals surface area contributed by atoms with Gasteiger partial charge in [-0.15, -0.1) is 0 Å². The van der Waals surface area contributed by atoms with E-state index in [1.54, 1.807) is 4.90 Å². The van der Waals surface area contributed by atoms with Crippen LogP contribution >= 0.6 is 15.9 Å². The van der Waals surface area contributed by atoms with Gasteiger partial charge in [0.2, 0.25) is 11.8 Å². The van der Waals surface area contributed by atoms with Crippen LogP contribution in [0, 0.1) is 0 Å². The van der Waals surface area contributed by atoms with Crippen LogP contribution in [0.4, 0.5) is 11.4 Å². The lowest BCUT2D eigenvalue weighted by Gasteiger charge is -2.28. The van der Waals surface area contributed by atoms with E-state index in [0.29, 0.717) is 6.42 Å². The maximum Gasteiger partial charge on any atom is 0.235 e. The number of carbonyl (C=O) groups is 2. The number of carbonyl (C=O) groups excluding carboxylic acids is 2. The Balaban J connectivity index is 1.58. The zero-order chi connectivity index (χ0) is 18.9. The fraction of sp³-hybridized carbons (Fsp3) is 0.364. The number of benzene rings is 2. The van der Waals surface area contributed by atoms with E-state index in [1.807, 2.05) is 48.5 Å². The highest BCUT2D eigenvalue weighted by Gasteiger charge is 2.42. The first-order valence-corrected chi connectivity index (χ1v) is 10.4.